The molecule has 0 bridgehead atoms. The van der Waals surface area contributed by atoms with Gasteiger partial charge in [0.1, 0.15) is 5.52 Å². The van der Waals surface area contributed by atoms with Gasteiger partial charge in [0.05, 0.1) is 24.4 Å². The second-order valence-corrected chi connectivity index (χ2v) is 7.39. The highest BCUT2D eigenvalue weighted by atomic mass is 16.5. The maximum atomic E-state index is 11.9. The molecule has 5 aromatic rings. The van der Waals surface area contributed by atoms with Crippen LogP contribution in [0.25, 0.3) is 33.5 Å². The summed E-state index contributed by atoms with van der Waals surface area (Å²) in [5, 5.41) is 5.76. The molecule has 0 spiro atoms. The summed E-state index contributed by atoms with van der Waals surface area (Å²) in [6.07, 6.45) is 7.95. The average molecular weight is 467 g/mol. The van der Waals surface area contributed by atoms with Crippen molar-refractivity contribution in [3.63, 3.8) is 0 Å². The van der Waals surface area contributed by atoms with Crippen LogP contribution in [0, 0.1) is 0 Å². The van der Waals surface area contributed by atoms with Crippen LogP contribution in [0.15, 0.2) is 67.4 Å². The van der Waals surface area contributed by atoms with Crippen molar-refractivity contribution in [2.75, 3.05) is 17.2 Å². The van der Waals surface area contributed by atoms with Crippen LogP contribution < -0.4 is 10.6 Å². The highest BCUT2D eigenvalue weighted by Gasteiger charge is 2.16. The van der Waals surface area contributed by atoms with Gasteiger partial charge in [-0.25, -0.2) is 29.7 Å². The smallest absolute Gasteiger partial charge is 0.413 e. The van der Waals surface area contributed by atoms with E-state index in [9.17, 15) is 4.79 Å². The molecule has 0 aliphatic rings. The largest absolute Gasteiger partial charge is 0.450 e. The number of imidazole rings is 1. The maximum absolute atomic E-state index is 11.9. The number of hydrogen-bond acceptors (Lipinski definition) is 9. The summed E-state index contributed by atoms with van der Waals surface area (Å²) in [6, 6.07) is 11.3. The van der Waals surface area contributed by atoms with E-state index in [2.05, 4.69) is 45.5 Å². The fourth-order valence-electron chi connectivity index (χ4n) is 3.46. The Morgan fingerprint density at radius 2 is 1.77 bits per heavy atom. The number of nitrogens with zero attached hydrogens (tertiary/aromatic N) is 6. The van der Waals surface area contributed by atoms with E-state index in [-0.39, 0.29) is 12.6 Å². The lowest BCUT2D eigenvalue weighted by atomic mass is 10.0. The number of hydrogen-bond donors (Lipinski definition) is 3. The Morgan fingerprint density at radius 1 is 0.971 bits per heavy atom. The van der Waals surface area contributed by atoms with Gasteiger partial charge < -0.3 is 15.0 Å². The number of amides is 1. The molecule has 0 saturated heterocycles. The summed E-state index contributed by atoms with van der Waals surface area (Å²) in [5.41, 5.74) is 4.52. The standard InChI is InChI=1S/C24H21N9O2/c1-2-35-24(34)33-23-31-19-11-15(10-18(20(19)32-23)21-26-8-5-9-27-21)16-12-28-22(29-13-16)30-14-17-6-3-4-7-25-17/h3-13H,2,14H2,1H3,(H,28,29,30)(H2,31,32,33,34). The number of carbonyl (C=O) groups excluding carboxylic acids is 1. The van der Waals surface area contributed by atoms with E-state index in [1.807, 2.05) is 30.3 Å². The minimum atomic E-state index is -0.591. The number of aromatic nitrogens is 7. The maximum Gasteiger partial charge on any atom is 0.413 e. The second kappa shape index (κ2) is 9.91. The Kier molecular flexibility index (Phi) is 6.20. The van der Waals surface area contributed by atoms with Crippen LogP contribution in [-0.4, -0.2) is 47.6 Å². The van der Waals surface area contributed by atoms with E-state index in [1.165, 1.54) is 0 Å². The predicted molar refractivity (Wildman–Crippen MR) is 130 cm³/mol. The van der Waals surface area contributed by atoms with E-state index in [1.54, 1.807) is 44.0 Å². The van der Waals surface area contributed by atoms with Crippen molar-refractivity contribution < 1.29 is 9.53 Å². The van der Waals surface area contributed by atoms with Crippen molar-refractivity contribution in [3.8, 4) is 22.5 Å². The number of H-pyrrole nitrogens is 1. The number of aromatic amines is 1. The Hall–Kier alpha value is -4.93. The molecule has 11 heteroatoms. The average Bonchev–Trinajstić information content (AvgIpc) is 3.30. The molecule has 0 fully saturated rings. The van der Waals surface area contributed by atoms with Crippen molar-refractivity contribution in [1.29, 1.82) is 0 Å². The Morgan fingerprint density at radius 3 is 2.51 bits per heavy atom. The third kappa shape index (κ3) is 5.03. The normalized spacial score (nSPS) is 10.8. The molecule has 1 amide bonds. The highest BCUT2D eigenvalue weighted by Crippen LogP contribution is 2.32. The van der Waals surface area contributed by atoms with Crippen LogP contribution in [0.2, 0.25) is 0 Å². The lowest BCUT2D eigenvalue weighted by Gasteiger charge is -2.08. The van der Waals surface area contributed by atoms with Gasteiger partial charge in [-0.15, -0.1) is 0 Å². The molecule has 3 N–H and O–H groups in total. The molecule has 0 unspecified atom stereocenters. The zero-order valence-electron chi connectivity index (χ0n) is 18.8. The Balaban J connectivity index is 1.47. The van der Waals surface area contributed by atoms with Crippen molar-refractivity contribution in [2.45, 2.75) is 13.5 Å². The highest BCUT2D eigenvalue weighted by molar-refractivity contribution is 5.96. The lowest BCUT2D eigenvalue weighted by molar-refractivity contribution is 0.167. The van der Waals surface area contributed by atoms with Crippen LogP contribution in [0.5, 0.6) is 0 Å². The van der Waals surface area contributed by atoms with E-state index in [0.717, 1.165) is 16.8 Å². The van der Waals surface area contributed by atoms with E-state index in [4.69, 9.17) is 4.74 Å². The zero-order valence-corrected chi connectivity index (χ0v) is 18.8. The molecule has 0 aliphatic heterocycles. The van der Waals surface area contributed by atoms with Gasteiger partial charge >= 0.3 is 6.09 Å². The van der Waals surface area contributed by atoms with Gasteiger partial charge in [0.25, 0.3) is 0 Å². The van der Waals surface area contributed by atoms with Crippen LogP contribution in [-0.2, 0) is 11.3 Å². The number of fused-ring (bicyclic) bond motifs is 1. The summed E-state index contributed by atoms with van der Waals surface area (Å²) >= 11 is 0. The molecular formula is C24H21N9O2. The summed E-state index contributed by atoms with van der Waals surface area (Å²) < 4.78 is 4.95. The minimum Gasteiger partial charge on any atom is -0.450 e. The summed E-state index contributed by atoms with van der Waals surface area (Å²) in [7, 11) is 0. The van der Waals surface area contributed by atoms with Crippen LogP contribution in [0.1, 0.15) is 12.6 Å². The summed E-state index contributed by atoms with van der Waals surface area (Å²) in [6.45, 7) is 2.51. The van der Waals surface area contributed by atoms with E-state index >= 15 is 0 Å². The number of benzene rings is 1. The molecule has 174 valence electrons. The van der Waals surface area contributed by atoms with Gasteiger partial charge in [0, 0.05) is 42.1 Å². The molecule has 0 radical (unpaired) electrons. The van der Waals surface area contributed by atoms with E-state index < -0.39 is 6.09 Å². The van der Waals surface area contributed by atoms with E-state index in [0.29, 0.717) is 34.9 Å². The predicted octanol–water partition coefficient (Wildman–Crippen LogP) is 4.05. The number of rotatable bonds is 7. The number of carbonyl (C=O) groups is 1. The zero-order chi connectivity index (χ0) is 24.0. The first-order valence-electron chi connectivity index (χ1n) is 10.9. The van der Waals surface area contributed by atoms with Crippen molar-refractivity contribution in [2.24, 2.45) is 0 Å². The quantitative estimate of drug-likeness (QED) is 0.323. The molecule has 4 aromatic heterocycles. The number of pyridine rings is 1. The number of ether oxygens (including phenoxy) is 1. The second-order valence-electron chi connectivity index (χ2n) is 7.39. The van der Waals surface area contributed by atoms with Crippen LogP contribution in [0.3, 0.4) is 0 Å². The van der Waals surface area contributed by atoms with Gasteiger partial charge in [0.2, 0.25) is 11.9 Å². The van der Waals surface area contributed by atoms with Crippen LogP contribution in [0.4, 0.5) is 16.7 Å². The number of anilines is 2. The van der Waals surface area contributed by atoms with Gasteiger partial charge in [-0.3, -0.25) is 10.3 Å². The third-order valence-corrected chi connectivity index (χ3v) is 5.03. The lowest BCUT2D eigenvalue weighted by Crippen LogP contribution is -2.14. The summed E-state index contributed by atoms with van der Waals surface area (Å²) in [4.78, 5) is 41.4. The first-order chi connectivity index (χ1) is 17.2. The molecular weight excluding hydrogens is 446 g/mol. The number of nitrogens with one attached hydrogen (secondary N) is 3. The van der Waals surface area contributed by atoms with Crippen molar-refractivity contribution in [1.82, 2.24) is 34.9 Å². The molecule has 1 aromatic carbocycles. The summed E-state index contributed by atoms with van der Waals surface area (Å²) in [5.74, 6) is 1.26. The molecule has 0 saturated carbocycles. The SMILES string of the molecule is CCOC(=O)Nc1nc2c(-c3ncccn3)cc(-c3cnc(NCc4ccccn4)nc3)cc2[nH]1. The molecule has 11 nitrogen and oxygen atoms in total. The monoisotopic (exact) mass is 467 g/mol. The molecule has 35 heavy (non-hydrogen) atoms. The first-order valence-corrected chi connectivity index (χ1v) is 10.9. The molecule has 0 aliphatic carbocycles. The fraction of sp³-hybridized carbons (Fsp3) is 0.125. The fourth-order valence-corrected chi connectivity index (χ4v) is 3.46. The van der Waals surface area contributed by atoms with Crippen molar-refractivity contribution in [3.05, 3.63) is 73.1 Å². The van der Waals surface area contributed by atoms with Gasteiger partial charge in [-0.05, 0) is 42.8 Å². The Bertz CT molecular complexity index is 1440. The van der Waals surface area contributed by atoms with Gasteiger partial charge in [-0.2, -0.15) is 0 Å². The van der Waals surface area contributed by atoms with Gasteiger partial charge in [-0.1, -0.05) is 6.07 Å². The van der Waals surface area contributed by atoms with Crippen LogP contribution >= 0.6 is 0 Å². The minimum absolute atomic E-state index is 0.256. The first kappa shape index (κ1) is 21.9. The van der Waals surface area contributed by atoms with Crippen molar-refractivity contribution >= 4 is 29.0 Å². The molecule has 5 rings (SSSR count). The van der Waals surface area contributed by atoms with Gasteiger partial charge in [0.15, 0.2) is 5.82 Å². The Labute approximate surface area is 200 Å². The third-order valence-electron chi connectivity index (χ3n) is 5.03. The topological polar surface area (TPSA) is 143 Å². The molecule has 0 atom stereocenters. The molecule has 4 heterocycles.